The molecule has 0 unspecified atom stereocenters. The third kappa shape index (κ3) is 4.42. The molecule has 2 rings (SSSR count). The number of thiol groups is 1. The first-order valence-corrected chi connectivity index (χ1v) is 6.79. The van der Waals surface area contributed by atoms with Crippen molar-refractivity contribution in [3.8, 4) is 0 Å². The van der Waals surface area contributed by atoms with Crippen molar-refractivity contribution in [3.63, 3.8) is 0 Å². The van der Waals surface area contributed by atoms with Crippen molar-refractivity contribution in [1.82, 2.24) is 4.98 Å². The fraction of sp³-hybridized carbons (Fsp3) is 0.400. The number of hydrogen-bond acceptors (Lipinski definition) is 3. The molecule has 0 fully saturated rings. The number of pyridine rings is 1. The lowest BCUT2D eigenvalue weighted by molar-refractivity contribution is 0.0500. The van der Waals surface area contributed by atoms with Crippen LogP contribution in [0.15, 0.2) is 35.3 Å². The molecule has 0 saturated carbocycles. The Labute approximate surface area is 126 Å². The standard InChI is InChI=1S/C9H6BNO.C6H14OS/c10-7-2-1-6-3-4-11-9(12)8(6)5-7;1-5(2,7)6(3,4)8/h1-5H,(H,11,12);7-8H,1-4H3. The molecule has 3 nitrogen and oxygen atoms in total. The zero-order valence-electron chi connectivity index (χ0n) is 12.3. The minimum atomic E-state index is -0.698. The number of hydrogen-bond donors (Lipinski definition) is 3. The van der Waals surface area contributed by atoms with Crippen LogP contribution in [0.5, 0.6) is 0 Å². The summed E-state index contributed by atoms with van der Waals surface area (Å²) in [6.45, 7) is 7.27. The molecular weight excluding hydrogens is 269 g/mol. The number of H-pyrrole nitrogens is 1. The number of aromatic amines is 1. The van der Waals surface area contributed by atoms with Gasteiger partial charge in [0.05, 0.1) is 5.60 Å². The van der Waals surface area contributed by atoms with Gasteiger partial charge in [-0.1, -0.05) is 23.7 Å². The van der Waals surface area contributed by atoms with Gasteiger partial charge in [0.15, 0.2) is 0 Å². The average molecular weight is 289 g/mol. The van der Waals surface area contributed by atoms with Crippen molar-refractivity contribution >= 4 is 36.7 Å². The van der Waals surface area contributed by atoms with Crippen LogP contribution in [0.2, 0.25) is 0 Å². The van der Waals surface area contributed by atoms with E-state index in [9.17, 15) is 9.90 Å². The summed E-state index contributed by atoms with van der Waals surface area (Å²) >= 11 is 4.19. The Morgan fingerprint density at radius 2 is 1.75 bits per heavy atom. The van der Waals surface area contributed by atoms with Crippen molar-refractivity contribution in [2.75, 3.05) is 0 Å². The molecular formula is C15H20BNO2S. The molecule has 106 valence electrons. The number of fused-ring (bicyclic) bond motifs is 1. The molecule has 0 aliphatic rings. The summed E-state index contributed by atoms with van der Waals surface area (Å²) in [5.41, 5.74) is -0.185. The van der Waals surface area contributed by atoms with Gasteiger partial charge in [-0.25, -0.2) is 0 Å². The molecule has 0 aliphatic carbocycles. The molecule has 1 aromatic carbocycles. The Kier molecular flexibility index (Phi) is 5.11. The van der Waals surface area contributed by atoms with Gasteiger partial charge in [-0.15, -0.1) is 0 Å². The number of benzene rings is 1. The van der Waals surface area contributed by atoms with Crippen LogP contribution in [0.4, 0.5) is 0 Å². The number of aliphatic hydroxyl groups is 1. The quantitative estimate of drug-likeness (QED) is 0.554. The summed E-state index contributed by atoms with van der Waals surface area (Å²) in [5, 5.41) is 10.8. The summed E-state index contributed by atoms with van der Waals surface area (Å²) in [7, 11) is 5.54. The molecule has 5 heteroatoms. The van der Waals surface area contributed by atoms with Crippen LogP contribution in [0.3, 0.4) is 0 Å². The second-order valence-electron chi connectivity index (χ2n) is 5.77. The topological polar surface area (TPSA) is 53.1 Å². The lowest BCUT2D eigenvalue weighted by atomic mass is 9.94. The van der Waals surface area contributed by atoms with Gasteiger partial charge in [-0.05, 0) is 39.1 Å². The van der Waals surface area contributed by atoms with Crippen LogP contribution in [0.1, 0.15) is 27.7 Å². The summed E-state index contributed by atoms with van der Waals surface area (Å²) < 4.78 is -0.312. The van der Waals surface area contributed by atoms with E-state index in [-0.39, 0.29) is 10.3 Å². The largest absolute Gasteiger partial charge is 0.389 e. The highest BCUT2D eigenvalue weighted by Crippen LogP contribution is 2.26. The van der Waals surface area contributed by atoms with Gasteiger partial charge >= 0.3 is 0 Å². The zero-order chi connectivity index (χ0) is 15.6. The zero-order valence-corrected chi connectivity index (χ0v) is 13.2. The van der Waals surface area contributed by atoms with Crippen molar-refractivity contribution < 1.29 is 5.11 Å². The first-order chi connectivity index (χ1) is 9.02. The molecule has 20 heavy (non-hydrogen) atoms. The van der Waals surface area contributed by atoms with Gasteiger partial charge in [0.1, 0.15) is 7.85 Å². The Morgan fingerprint density at radius 3 is 2.25 bits per heavy atom. The normalized spacial score (nSPS) is 11.9. The predicted molar refractivity (Wildman–Crippen MR) is 89.3 cm³/mol. The molecule has 0 aliphatic heterocycles. The van der Waals surface area contributed by atoms with Crippen molar-refractivity contribution in [2.45, 2.75) is 38.0 Å². The molecule has 2 aromatic rings. The van der Waals surface area contributed by atoms with E-state index < -0.39 is 5.60 Å². The van der Waals surface area contributed by atoms with Gasteiger partial charge in [-0.2, -0.15) is 12.6 Å². The Hall–Kier alpha value is -1.20. The third-order valence-corrected chi connectivity index (χ3v) is 3.84. The molecule has 0 bridgehead atoms. The van der Waals surface area contributed by atoms with Gasteiger partial charge in [0.25, 0.3) is 5.56 Å². The predicted octanol–water partition coefficient (Wildman–Crippen LogP) is 1.79. The molecule has 2 N–H and O–H groups in total. The minimum absolute atomic E-state index is 0.0974. The summed E-state index contributed by atoms with van der Waals surface area (Å²) in [6, 6.07) is 7.13. The molecule has 0 spiro atoms. The van der Waals surface area contributed by atoms with E-state index in [4.69, 9.17) is 7.85 Å². The number of aromatic nitrogens is 1. The lowest BCUT2D eigenvalue weighted by Crippen LogP contribution is -2.40. The Bertz CT molecular complexity index is 627. The number of rotatable bonds is 1. The average Bonchev–Trinajstić information content (AvgIpc) is 2.28. The van der Waals surface area contributed by atoms with Crippen molar-refractivity contribution in [3.05, 3.63) is 40.8 Å². The second kappa shape index (κ2) is 6.06. The second-order valence-corrected chi connectivity index (χ2v) is 6.89. The van der Waals surface area contributed by atoms with E-state index in [1.807, 2.05) is 26.0 Å². The summed E-state index contributed by atoms with van der Waals surface area (Å²) in [6.07, 6.45) is 1.63. The van der Waals surface area contributed by atoms with Crippen LogP contribution in [0, 0.1) is 0 Å². The van der Waals surface area contributed by atoms with Gasteiger partial charge in [-0.3, -0.25) is 4.79 Å². The Balaban J connectivity index is 0.000000221. The van der Waals surface area contributed by atoms with Gasteiger partial charge in [0.2, 0.25) is 0 Å². The van der Waals surface area contributed by atoms with Crippen LogP contribution >= 0.6 is 12.6 Å². The highest BCUT2D eigenvalue weighted by atomic mass is 32.1. The SMILES string of the molecule is CC(C)(O)C(C)(C)S.[B]c1ccc2cc[nH]c(=O)c2c1. The first-order valence-electron chi connectivity index (χ1n) is 6.34. The fourth-order valence-electron chi connectivity index (χ4n) is 1.20. The molecule has 0 amide bonds. The van der Waals surface area contributed by atoms with Crippen LogP contribution in [0.25, 0.3) is 10.8 Å². The van der Waals surface area contributed by atoms with Crippen molar-refractivity contribution in [2.24, 2.45) is 0 Å². The van der Waals surface area contributed by atoms with E-state index in [0.717, 1.165) is 5.39 Å². The Morgan fingerprint density at radius 1 is 1.20 bits per heavy atom. The van der Waals surface area contributed by atoms with E-state index in [2.05, 4.69) is 17.6 Å². The highest BCUT2D eigenvalue weighted by molar-refractivity contribution is 7.81. The maximum Gasteiger partial charge on any atom is 0.255 e. The van der Waals surface area contributed by atoms with Crippen LogP contribution < -0.4 is 11.0 Å². The number of nitrogens with one attached hydrogen (secondary N) is 1. The molecule has 1 heterocycles. The maximum absolute atomic E-state index is 11.2. The highest BCUT2D eigenvalue weighted by Gasteiger charge is 2.30. The maximum atomic E-state index is 11.2. The monoisotopic (exact) mass is 289 g/mol. The molecule has 1 aromatic heterocycles. The van der Waals surface area contributed by atoms with E-state index >= 15 is 0 Å². The van der Waals surface area contributed by atoms with E-state index in [1.54, 1.807) is 32.2 Å². The first kappa shape index (κ1) is 16.9. The summed E-state index contributed by atoms with van der Waals surface area (Å²) in [4.78, 5) is 13.8. The van der Waals surface area contributed by atoms with Gasteiger partial charge in [0, 0.05) is 16.3 Å². The van der Waals surface area contributed by atoms with Crippen LogP contribution in [-0.2, 0) is 0 Å². The fourth-order valence-corrected chi connectivity index (χ4v) is 1.20. The lowest BCUT2D eigenvalue weighted by Gasteiger charge is -2.32. The van der Waals surface area contributed by atoms with Crippen molar-refractivity contribution in [1.29, 1.82) is 0 Å². The molecule has 2 radical (unpaired) electrons. The van der Waals surface area contributed by atoms with Crippen LogP contribution in [-0.4, -0.2) is 28.3 Å². The third-order valence-electron chi connectivity index (χ3n) is 3.30. The molecule has 0 saturated heterocycles. The molecule has 0 atom stereocenters. The van der Waals surface area contributed by atoms with E-state index in [1.165, 1.54) is 0 Å². The van der Waals surface area contributed by atoms with Gasteiger partial charge < -0.3 is 10.1 Å². The smallest absolute Gasteiger partial charge is 0.255 e. The van der Waals surface area contributed by atoms with E-state index in [0.29, 0.717) is 10.8 Å². The minimum Gasteiger partial charge on any atom is -0.389 e. The summed E-state index contributed by atoms with van der Waals surface area (Å²) in [5.74, 6) is 0.